The first-order valence-corrected chi connectivity index (χ1v) is 4.99. The molecule has 0 unspecified atom stereocenters. The number of nitrogens with zero attached hydrogens (tertiary/aromatic N) is 4. The molecule has 0 fully saturated rings. The molecular formula is C10H12FN5. The topological polar surface area (TPSA) is 69.6 Å². The molecule has 0 radical (unpaired) electrons. The van der Waals surface area contributed by atoms with E-state index < -0.39 is 0 Å². The number of aromatic nitrogens is 4. The van der Waals surface area contributed by atoms with Gasteiger partial charge in [-0.15, -0.1) is 5.10 Å². The number of aryl methyl sites for hydroxylation is 2. The lowest BCUT2D eigenvalue weighted by Crippen LogP contribution is -2.11. The van der Waals surface area contributed by atoms with Gasteiger partial charge in [-0.25, -0.2) is 9.07 Å². The highest BCUT2D eigenvalue weighted by molar-refractivity contribution is 5.16. The van der Waals surface area contributed by atoms with E-state index in [9.17, 15) is 4.39 Å². The lowest BCUT2D eigenvalue weighted by Gasteiger charge is -2.03. The number of rotatable bonds is 4. The fraction of sp³-hybridized carbons (Fsp3) is 0.300. The summed E-state index contributed by atoms with van der Waals surface area (Å²) in [5.41, 5.74) is 6.38. The molecule has 5 nitrogen and oxygen atoms in total. The van der Waals surface area contributed by atoms with Crippen LogP contribution in [0.25, 0.3) is 0 Å². The average molecular weight is 221 g/mol. The number of hydrogen-bond acceptors (Lipinski definition) is 4. The Labute approximate surface area is 92.1 Å². The van der Waals surface area contributed by atoms with E-state index in [0.29, 0.717) is 25.3 Å². The Morgan fingerprint density at radius 1 is 1.38 bits per heavy atom. The SMILES string of the molecule is NCc1nnnn1CCc1cccc(F)c1. The van der Waals surface area contributed by atoms with Crippen molar-refractivity contribution in [3.8, 4) is 0 Å². The lowest BCUT2D eigenvalue weighted by atomic mass is 10.1. The fourth-order valence-corrected chi connectivity index (χ4v) is 1.47. The van der Waals surface area contributed by atoms with Crippen molar-refractivity contribution in [1.29, 1.82) is 0 Å². The highest BCUT2D eigenvalue weighted by atomic mass is 19.1. The van der Waals surface area contributed by atoms with Gasteiger partial charge < -0.3 is 5.73 Å². The van der Waals surface area contributed by atoms with Gasteiger partial charge in [0, 0.05) is 6.54 Å². The van der Waals surface area contributed by atoms with Crippen molar-refractivity contribution in [2.24, 2.45) is 5.73 Å². The Hall–Kier alpha value is -1.82. The first-order valence-electron chi connectivity index (χ1n) is 4.99. The fourth-order valence-electron chi connectivity index (χ4n) is 1.47. The second-order valence-electron chi connectivity index (χ2n) is 3.40. The number of hydrogen-bond donors (Lipinski definition) is 1. The second kappa shape index (κ2) is 4.80. The Kier molecular flexibility index (Phi) is 3.21. The van der Waals surface area contributed by atoms with Crippen molar-refractivity contribution in [3.05, 3.63) is 41.5 Å². The van der Waals surface area contributed by atoms with Crippen LogP contribution in [0, 0.1) is 5.82 Å². The van der Waals surface area contributed by atoms with Crippen LogP contribution in [0.1, 0.15) is 11.4 Å². The van der Waals surface area contributed by atoms with E-state index >= 15 is 0 Å². The van der Waals surface area contributed by atoms with Crippen LogP contribution in [-0.2, 0) is 19.5 Å². The molecule has 0 amide bonds. The molecule has 1 heterocycles. The Morgan fingerprint density at radius 3 is 3.00 bits per heavy atom. The normalized spacial score (nSPS) is 10.6. The largest absolute Gasteiger partial charge is 0.324 e. The van der Waals surface area contributed by atoms with Crippen LogP contribution in [0.4, 0.5) is 4.39 Å². The van der Waals surface area contributed by atoms with E-state index in [4.69, 9.17) is 5.73 Å². The summed E-state index contributed by atoms with van der Waals surface area (Å²) in [5.74, 6) is 0.407. The smallest absolute Gasteiger partial charge is 0.164 e. The maximum absolute atomic E-state index is 12.9. The molecule has 0 saturated carbocycles. The molecule has 0 aliphatic rings. The van der Waals surface area contributed by atoms with Gasteiger partial charge in [-0.1, -0.05) is 12.1 Å². The average Bonchev–Trinajstić information content (AvgIpc) is 2.74. The summed E-state index contributed by atoms with van der Waals surface area (Å²) in [7, 11) is 0. The standard InChI is InChI=1S/C10H12FN5/c11-9-3-1-2-8(6-9)4-5-16-10(7-12)13-14-15-16/h1-3,6H,4-5,7,12H2. The van der Waals surface area contributed by atoms with E-state index in [-0.39, 0.29) is 5.82 Å². The van der Waals surface area contributed by atoms with Gasteiger partial charge in [0.05, 0.1) is 6.54 Å². The molecule has 0 bridgehead atoms. The van der Waals surface area contributed by atoms with Crippen LogP contribution in [0.2, 0.25) is 0 Å². The third kappa shape index (κ3) is 2.40. The first-order chi connectivity index (χ1) is 7.79. The summed E-state index contributed by atoms with van der Waals surface area (Å²) in [5, 5.41) is 11.1. The van der Waals surface area contributed by atoms with Gasteiger partial charge >= 0.3 is 0 Å². The van der Waals surface area contributed by atoms with Crippen molar-refractivity contribution in [2.75, 3.05) is 0 Å². The van der Waals surface area contributed by atoms with Crippen LogP contribution in [-0.4, -0.2) is 20.2 Å². The molecular weight excluding hydrogens is 209 g/mol. The van der Waals surface area contributed by atoms with Crippen LogP contribution in [0.3, 0.4) is 0 Å². The molecule has 1 aromatic carbocycles. The maximum atomic E-state index is 12.9. The van der Waals surface area contributed by atoms with Crippen molar-refractivity contribution in [3.63, 3.8) is 0 Å². The minimum Gasteiger partial charge on any atom is -0.324 e. The number of tetrazole rings is 1. The second-order valence-corrected chi connectivity index (χ2v) is 3.40. The molecule has 0 aliphatic heterocycles. The summed E-state index contributed by atoms with van der Waals surface area (Å²) in [6.07, 6.45) is 0.676. The van der Waals surface area contributed by atoms with Crippen LogP contribution in [0.15, 0.2) is 24.3 Å². The quantitative estimate of drug-likeness (QED) is 0.816. The van der Waals surface area contributed by atoms with Gasteiger partial charge in [-0.3, -0.25) is 0 Å². The third-order valence-electron chi connectivity index (χ3n) is 2.29. The maximum Gasteiger partial charge on any atom is 0.164 e. The third-order valence-corrected chi connectivity index (χ3v) is 2.29. The molecule has 2 N–H and O–H groups in total. The monoisotopic (exact) mass is 221 g/mol. The Bertz CT molecular complexity index is 468. The van der Waals surface area contributed by atoms with Crippen LogP contribution >= 0.6 is 0 Å². The van der Waals surface area contributed by atoms with Gasteiger partial charge in [0.1, 0.15) is 5.82 Å². The molecule has 84 valence electrons. The van der Waals surface area contributed by atoms with Crippen LogP contribution < -0.4 is 5.73 Å². The number of nitrogens with two attached hydrogens (primary N) is 1. The molecule has 0 spiro atoms. The Balaban J connectivity index is 2.02. The molecule has 0 saturated heterocycles. The predicted octanol–water partition coefficient (Wildman–Crippen LogP) is 0.514. The van der Waals surface area contributed by atoms with Gasteiger partial charge in [-0.2, -0.15) is 0 Å². The molecule has 0 atom stereocenters. The van der Waals surface area contributed by atoms with E-state index in [1.54, 1.807) is 10.7 Å². The highest BCUT2D eigenvalue weighted by Gasteiger charge is 2.03. The van der Waals surface area contributed by atoms with Gasteiger partial charge in [-0.05, 0) is 34.5 Å². The minimum atomic E-state index is -0.228. The van der Waals surface area contributed by atoms with E-state index in [1.807, 2.05) is 6.07 Å². The van der Waals surface area contributed by atoms with Gasteiger partial charge in [0.15, 0.2) is 5.82 Å². The number of benzene rings is 1. The summed E-state index contributed by atoms with van der Waals surface area (Å²) >= 11 is 0. The lowest BCUT2D eigenvalue weighted by molar-refractivity contribution is 0.562. The van der Waals surface area contributed by atoms with Gasteiger partial charge in [0.25, 0.3) is 0 Å². The van der Waals surface area contributed by atoms with E-state index in [2.05, 4.69) is 15.5 Å². The number of halogens is 1. The molecule has 6 heteroatoms. The minimum absolute atomic E-state index is 0.228. The van der Waals surface area contributed by atoms with Crippen molar-refractivity contribution >= 4 is 0 Å². The Morgan fingerprint density at radius 2 is 2.25 bits per heavy atom. The van der Waals surface area contributed by atoms with E-state index in [1.165, 1.54) is 12.1 Å². The summed E-state index contributed by atoms with van der Waals surface area (Å²) in [6, 6.07) is 6.49. The zero-order chi connectivity index (χ0) is 11.4. The van der Waals surface area contributed by atoms with Crippen molar-refractivity contribution < 1.29 is 4.39 Å². The summed E-state index contributed by atoms with van der Waals surface area (Å²) in [6.45, 7) is 0.902. The highest BCUT2D eigenvalue weighted by Crippen LogP contribution is 2.05. The summed E-state index contributed by atoms with van der Waals surface area (Å²) < 4.78 is 14.5. The molecule has 16 heavy (non-hydrogen) atoms. The van der Waals surface area contributed by atoms with E-state index in [0.717, 1.165) is 5.56 Å². The first kappa shape index (κ1) is 10.7. The molecule has 2 rings (SSSR count). The zero-order valence-corrected chi connectivity index (χ0v) is 8.67. The van der Waals surface area contributed by atoms with Crippen molar-refractivity contribution in [1.82, 2.24) is 20.2 Å². The molecule has 1 aromatic heterocycles. The van der Waals surface area contributed by atoms with Gasteiger partial charge in [0.2, 0.25) is 0 Å². The van der Waals surface area contributed by atoms with Crippen LogP contribution in [0.5, 0.6) is 0 Å². The summed E-state index contributed by atoms with van der Waals surface area (Å²) in [4.78, 5) is 0. The molecule has 0 aliphatic carbocycles. The zero-order valence-electron chi connectivity index (χ0n) is 8.67. The van der Waals surface area contributed by atoms with Crippen molar-refractivity contribution in [2.45, 2.75) is 19.5 Å². The predicted molar refractivity (Wildman–Crippen MR) is 55.8 cm³/mol. The molecule has 2 aromatic rings.